The molecule has 2 heterocycles. The summed E-state index contributed by atoms with van der Waals surface area (Å²) < 4.78 is 56.4. The van der Waals surface area contributed by atoms with E-state index in [0.29, 0.717) is 6.07 Å². The van der Waals surface area contributed by atoms with E-state index in [1.54, 1.807) is 0 Å². The van der Waals surface area contributed by atoms with Crippen molar-refractivity contribution < 1.29 is 31.9 Å². The maximum absolute atomic E-state index is 14.6. The molecule has 1 unspecified atom stereocenters. The van der Waals surface area contributed by atoms with Crippen molar-refractivity contribution in [3.8, 4) is 6.07 Å². The van der Waals surface area contributed by atoms with Crippen LogP contribution in [0.1, 0.15) is 42.9 Å². The molecule has 1 N–H and O–H groups in total. The van der Waals surface area contributed by atoms with Gasteiger partial charge in [-0.3, -0.25) is 24.2 Å². The first kappa shape index (κ1) is 30.3. The number of benzene rings is 2. The normalized spacial score (nSPS) is 18.5. The molecule has 3 amide bonds. The van der Waals surface area contributed by atoms with E-state index in [9.17, 15) is 37.2 Å². The van der Waals surface area contributed by atoms with E-state index in [2.05, 4.69) is 10.3 Å². The van der Waals surface area contributed by atoms with Crippen LogP contribution in [0.5, 0.6) is 0 Å². The van der Waals surface area contributed by atoms with Crippen molar-refractivity contribution in [3.63, 3.8) is 0 Å². The van der Waals surface area contributed by atoms with Gasteiger partial charge in [-0.15, -0.1) is 0 Å². The first-order valence-corrected chi connectivity index (χ1v) is 13.7. The minimum Gasteiger partial charge on any atom is -0.351 e. The number of nitrogens with zero attached hydrogens (tertiary/aromatic N) is 4. The molecule has 5 rings (SSSR count). The topological polar surface area (TPSA) is 106 Å². The van der Waals surface area contributed by atoms with Gasteiger partial charge in [0.1, 0.15) is 29.5 Å². The predicted molar refractivity (Wildman–Crippen MR) is 149 cm³/mol. The molecule has 2 atom stereocenters. The van der Waals surface area contributed by atoms with Gasteiger partial charge in [0.2, 0.25) is 11.8 Å². The quantitative estimate of drug-likeness (QED) is 0.335. The van der Waals surface area contributed by atoms with Crippen molar-refractivity contribution in [3.05, 3.63) is 87.5 Å². The Bertz CT molecular complexity index is 1620. The number of anilines is 2. The number of halogens is 6. The molecule has 1 aliphatic carbocycles. The zero-order chi connectivity index (χ0) is 31.1. The Morgan fingerprint density at radius 1 is 1.09 bits per heavy atom. The first-order chi connectivity index (χ1) is 20.4. The van der Waals surface area contributed by atoms with Crippen molar-refractivity contribution in [2.75, 3.05) is 9.80 Å². The summed E-state index contributed by atoms with van der Waals surface area (Å²) in [6.45, 7) is 0. The van der Waals surface area contributed by atoms with Gasteiger partial charge < -0.3 is 5.32 Å². The van der Waals surface area contributed by atoms with Crippen molar-refractivity contribution in [2.45, 2.75) is 49.7 Å². The molecule has 3 aromatic rings. The highest BCUT2D eigenvalue weighted by Gasteiger charge is 2.49. The molecule has 2 aliphatic rings. The number of rotatable bonds is 7. The number of nitrogens with one attached hydrogen (secondary N) is 1. The summed E-state index contributed by atoms with van der Waals surface area (Å²) in [6, 6.07) is 6.88. The molecule has 0 spiro atoms. The molecule has 1 aromatic heterocycles. The van der Waals surface area contributed by atoms with E-state index < -0.39 is 71.9 Å². The highest BCUT2D eigenvalue weighted by molar-refractivity contribution is 6.36. The number of hydrogen-bond donors (Lipinski definition) is 1. The lowest BCUT2D eigenvalue weighted by Gasteiger charge is -2.39. The molecule has 1 saturated heterocycles. The van der Waals surface area contributed by atoms with E-state index in [0.717, 1.165) is 21.9 Å². The molecular formula is C29H21Cl2F4N5O3. The second-order valence-corrected chi connectivity index (χ2v) is 11.0. The Balaban J connectivity index is 1.66. The molecule has 2 aromatic carbocycles. The summed E-state index contributed by atoms with van der Waals surface area (Å²) in [7, 11) is 0. The van der Waals surface area contributed by atoms with E-state index >= 15 is 0 Å². The van der Waals surface area contributed by atoms with Crippen LogP contribution in [0, 0.1) is 23.0 Å². The van der Waals surface area contributed by atoms with Crippen LogP contribution in [0.2, 0.25) is 10.0 Å². The number of carbonyl (C=O) groups excluding carboxylic acids is 3. The van der Waals surface area contributed by atoms with Crippen molar-refractivity contribution >= 4 is 52.4 Å². The van der Waals surface area contributed by atoms with Gasteiger partial charge in [0.05, 0.1) is 17.3 Å². The van der Waals surface area contributed by atoms with Crippen molar-refractivity contribution in [1.29, 1.82) is 5.26 Å². The number of hydrogen-bond acceptors (Lipinski definition) is 5. The Morgan fingerprint density at radius 2 is 1.74 bits per heavy atom. The van der Waals surface area contributed by atoms with Gasteiger partial charge >= 0.3 is 0 Å². The summed E-state index contributed by atoms with van der Waals surface area (Å²) in [5.41, 5.74) is -0.402. The molecular weight excluding hydrogens is 613 g/mol. The number of pyridine rings is 1. The molecule has 222 valence electrons. The first-order valence-electron chi connectivity index (χ1n) is 13.0. The summed E-state index contributed by atoms with van der Waals surface area (Å²) in [5.74, 6) is -7.67. The SMILES string of the molecule is N#Cc1ccnc(N2C(=O)CCC2C(=O)N(c2cc(F)cc(F)c2)[C@H](C(=O)NC2CC(F)(F)C2)c2c(Cl)cccc2Cl)c1. The number of nitriles is 1. The van der Waals surface area contributed by atoms with Gasteiger partial charge in [0.15, 0.2) is 0 Å². The number of aromatic nitrogens is 1. The van der Waals surface area contributed by atoms with Crippen LogP contribution in [0.15, 0.2) is 54.7 Å². The summed E-state index contributed by atoms with van der Waals surface area (Å²) >= 11 is 12.9. The largest absolute Gasteiger partial charge is 0.351 e. The Hall–Kier alpha value is -4.21. The minimum absolute atomic E-state index is 0.0289. The molecule has 1 saturated carbocycles. The fourth-order valence-corrected chi connectivity index (χ4v) is 5.86. The van der Waals surface area contributed by atoms with E-state index in [1.165, 1.54) is 36.5 Å². The lowest BCUT2D eigenvalue weighted by Crippen LogP contribution is -2.56. The maximum atomic E-state index is 14.6. The van der Waals surface area contributed by atoms with Gasteiger partial charge in [-0.25, -0.2) is 22.5 Å². The summed E-state index contributed by atoms with van der Waals surface area (Å²) in [4.78, 5) is 47.3. The van der Waals surface area contributed by atoms with Crippen molar-refractivity contribution in [1.82, 2.24) is 10.3 Å². The van der Waals surface area contributed by atoms with Crippen molar-refractivity contribution in [2.24, 2.45) is 0 Å². The van der Waals surface area contributed by atoms with Crippen LogP contribution >= 0.6 is 23.2 Å². The van der Waals surface area contributed by atoms with Crippen LogP contribution in [-0.4, -0.2) is 40.7 Å². The second-order valence-electron chi connectivity index (χ2n) is 10.2. The molecule has 2 fully saturated rings. The molecule has 43 heavy (non-hydrogen) atoms. The third-order valence-electron chi connectivity index (χ3n) is 7.20. The fraction of sp³-hybridized carbons (Fsp3) is 0.276. The monoisotopic (exact) mass is 633 g/mol. The average Bonchev–Trinajstić information content (AvgIpc) is 3.31. The Labute approximate surface area is 252 Å². The number of alkyl halides is 2. The number of carbonyl (C=O) groups is 3. The Kier molecular flexibility index (Phi) is 8.31. The van der Waals surface area contributed by atoms with Crippen LogP contribution < -0.4 is 15.1 Å². The maximum Gasteiger partial charge on any atom is 0.252 e. The molecule has 1 aliphatic heterocycles. The molecule has 8 nitrogen and oxygen atoms in total. The molecule has 0 bridgehead atoms. The van der Waals surface area contributed by atoms with Gasteiger partial charge in [-0.1, -0.05) is 29.3 Å². The Morgan fingerprint density at radius 3 is 2.35 bits per heavy atom. The molecule has 0 radical (unpaired) electrons. The second kappa shape index (κ2) is 11.8. The van der Waals surface area contributed by atoms with E-state index in [4.69, 9.17) is 23.2 Å². The highest BCUT2D eigenvalue weighted by Crippen LogP contribution is 2.41. The average molecular weight is 634 g/mol. The third-order valence-corrected chi connectivity index (χ3v) is 7.86. The predicted octanol–water partition coefficient (Wildman–Crippen LogP) is 5.72. The zero-order valence-electron chi connectivity index (χ0n) is 22.0. The highest BCUT2D eigenvalue weighted by atomic mass is 35.5. The summed E-state index contributed by atoms with van der Waals surface area (Å²) in [5, 5.41) is 11.6. The van der Waals surface area contributed by atoms with Gasteiger partial charge in [0.25, 0.3) is 11.8 Å². The van der Waals surface area contributed by atoms with Crippen LogP contribution in [0.3, 0.4) is 0 Å². The molecule has 14 heteroatoms. The lowest BCUT2D eigenvalue weighted by molar-refractivity contribution is -0.133. The van der Waals surface area contributed by atoms with Gasteiger partial charge in [-0.05, 0) is 42.8 Å². The summed E-state index contributed by atoms with van der Waals surface area (Å²) in [6.07, 6.45) is -0.244. The van der Waals surface area contributed by atoms with Crippen LogP contribution in [0.25, 0.3) is 0 Å². The van der Waals surface area contributed by atoms with Gasteiger partial charge in [0, 0.05) is 53.2 Å². The van der Waals surface area contributed by atoms with Crippen LogP contribution in [-0.2, 0) is 14.4 Å². The smallest absolute Gasteiger partial charge is 0.252 e. The van der Waals surface area contributed by atoms with E-state index in [-0.39, 0.29) is 39.8 Å². The van der Waals surface area contributed by atoms with E-state index in [1.807, 2.05) is 6.07 Å². The van der Waals surface area contributed by atoms with Crippen LogP contribution in [0.4, 0.5) is 29.1 Å². The standard InChI is InChI=1S/C29H21Cl2F4N5O3/c30-20-2-1-3-21(31)25(20)26(27(42)38-18-12-29(34,35)13-18)39(19-10-16(32)9-17(33)11-19)28(43)22-4-5-24(41)40(22)23-8-15(14-36)6-7-37-23/h1-3,6-11,18,22,26H,4-5,12-13H2,(H,38,42)/t22?,26-/m0/s1. The zero-order valence-corrected chi connectivity index (χ0v) is 23.5. The third kappa shape index (κ3) is 6.14. The van der Waals surface area contributed by atoms with Gasteiger partial charge in [-0.2, -0.15) is 5.26 Å². The fourth-order valence-electron chi connectivity index (χ4n) is 5.26. The lowest BCUT2D eigenvalue weighted by atomic mass is 9.87. The minimum atomic E-state index is -2.99. The number of amides is 3.